The van der Waals surface area contributed by atoms with E-state index in [0.29, 0.717) is 62.4 Å². The number of fused-ring (bicyclic) bond motifs is 1. The number of rotatable bonds is 4. The van der Waals surface area contributed by atoms with Gasteiger partial charge in [-0.25, -0.2) is 19.1 Å². The maximum Gasteiger partial charge on any atom is 0.338 e. The molecule has 0 spiro atoms. The number of nitrogens with zero attached hydrogens (tertiary/aromatic N) is 6. The summed E-state index contributed by atoms with van der Waals surface area (Å²) in [5, 5.41) is 0. The molecule has 0 N–H and O–H groups in total. The molecule has 9 heteroatoms. The van der Waals surface area contributed by atoms with E-state index < -0.39 is 0 Å². The number of amides is 1. The Labute approximate surface area is 179 Å². The standard InChI is InChI=1S/C22H26N6O3/c1-25-19-18(13-23-20(24-19)26-9-11-31-12-10-26)28(21(25)29)22(30)27-14-17(15-27)8-7-16-5-3-2-4-6-16/h2-6,13,17H,7-12,14-15H2,1H3. The van der Waals surface area contributed by atoms with Gasteiger partial charge in [0.2, 0.25) is 5.95 Å². The predicted molar refractivity (Wildman–Crippen MR) is 116 cm³/mol. The zero-order chi connectivity index (χ0) is 21.4. The number of aromatic nitrogens is 4. The molecule has 0 bridgehead atoms. The van der Waals surface area contributed by atoms with E-state index in [4.69, 9.17) is 4.74 Å². The van der Waals surface area contributed by atoms with E-state index in [1.54, 1.807) is 18.1 Å². The summed E-state index contributed by atoms with van der Waals surface area (Å²) in [5.74, 6) is 1.01. The van der Waals surface area contributed by atoms with E-state index in [2.05, 4.69) is 22.1 Å². The molecular formula is C22H26N6O3. The van der Waals surface area contributed by atoms with Crippen molar-refractivity contribution < 1.29 is 9.53 Å². The number of benzene rings is 1. The van der Waals surface area contributed by atoms with Gasteiger partial charge in [-0.3, -0.25) is 4.57 Å². The molecule has 4 heterocycles. The molecule has 2 aromatic heterocycles. The van der Waals surface area contributed by atoms with Crippen molar-refractivity contribution in [1.29, 1.82) is 0 Å². The van der Waals surface area contributed by atoms with Gasteiger partial charge >= 0.3 is 11.7 Å². The molecule has 0 radical (unpaired) electrons. The highest BCUT2D eigenvalue weighted by atomic mass is 16.5. The number of hydrogen-bond acceptors (Lipinski definition) is 6. The minimum absolute atomic E-state index is 0.297. The zero-order valence-corrected chi connectivity index (χ0v) is 17.6. The Bertz CT molecular complexity index is 1140. The van der Waals surface area contributed by atoms with Gasteiger partial charge in [0.1, 0.15) is 5.52 Å². The Hall–Kier alpha value is -3.20. The highest BCUT2D eigenvalue weighted by molar-refractivity contribution is 5.88. The molecule has 0 aliphatic carbocycles. The molecule has 5 rings (SSSR count). The van der Waals surface area contributed by atoms with Gasteiger partial charge < -0.3 is 14.5 Å². The van der Waals surface area contributed by atoms with Crippen molar-refractivity contribution >= 4 is 23.1 Å². The first-order chi connectivity index (χ1) is 15.1. The van der Waals surface area contributed by atoms with Crippen molar-refractivity contribution in [2.24, 2.45) is 13.0 Å². The number of hydrogen-bond donors (Lipinski definition) is 0. The highest BCUT2D eigenvalue weighted by Crippen LogP contribution is 2.23. The van der Waals surface area contributed by atoms with Crippen LogP contribution in [0, 0.1) is 5.92 Å². The number of imidazole rings is 1. The Morgan fingerprint density at radius 3 is 2.65 bits per heavy atom. The van der Waals surface area contributed by atoms with Crippen LogP contribution in [0.2, 0.25) is 0 Å². The van der Waals surface area contributed by atoms with Crippen LogP contribution in [0.25, 0.3) is 11.2 Å². The lowest BCUT2D eigenvalue weighted by Gasteiger charge is -2.39. The predicted octanol–water partition coefficient (Wildman–Crippen LogP) is 1.50. The number of morpholine rings is 1. The quantitative estimate of drug-likeness (QED) is 0.634. The lowest BCUT2D eigenvalue weighted by molar-refractivity contribution is 0.117. The minimum atomic E-state index is -0.388. The lowest BCUT2D eigenvalue weighted by atomic mass is 9.93. The maximum absolute atomic E-state index is 13.1. The van der Waals surface area contributed by atoms with E-state index in [0.717, 1.165) is 12.8 Å². The van der Waals surface area contributed by atoms with Crippen molar-refractivity contribution in [2.75, 3.05) is 44.3 Å². The number of aryl methyl sites for hydroxylation is 2. The summed E-state index contributed by atoms with van der Waals surface area (Å²) >= 11 is 0. The molecule has 0 unspecified atom stereocenters. The molecule has 0 atom stereocenters. The van der Waals surface area contributed by atoms with Crippen molar-refractivity contribution in [3.63, 3.8) is 0 Å². The van der Waals surface area contributed by atoms with Gasteiger partial charge in [-0.2, -0.15) is 4.98 Å². The fourth-order valence-electron chi connectivity index (χ4n) is 4.27. The number of likely N-dealkylation sites (tertiary alicyclic amines) is 1. The van der Waals surface area contributed by atoms with Crippen LogP contribution >= 0.6 is 0 Å². The summed E-state index contributed by atoms with van der Waals surface area (Å²) < 4.78 is 8.00. The van der Waals surface area contributed by atoms with Gasteiger partial charge in [0, 0.05) is 33.2 Å². The molecule has 31 heavy (non-hydrogen) atoms. The first kappa shape index (κ1) is 19.7. The maximum atomic E-state index is 13.1. The molecule has 0 saturated carbocycles. The topological polar surface area (TPSA) is 85.5 Å². The average molecular weight is 422 g/mol. The Morgan fingerprint density at radius 1 is 1.16 bits per heavy atom. The monoisotopic (exact) mass is 422 g/mol. The SMILES string of the molecule is Cn1c(=O)n(C(=O)N2CC(CCc3ccccc3)C2)c2cnc(N3CCOCC3)nc21. The molecule has 9 nitrogen and oxygen atoms in total. The van der Waals surface area contributed by atoms with Crippen LogP contribution in [-0.2, 0) is 18.2 Å². The van der Waals surface area contributed by atoms with Crippen LogP contribution in [-0.4, -0.2) is 69.4 Å². The molecule has 3 aromatic rings. The van der Waals surface area contributed by atoms with Crippen molar-refractivity contribution in [3.8, 4) is 0 Å². The third kappa shape index (κ3) is 3.69. The van der Waals surface area contributed by atoms with E-state index in [1.165, 1.54) is 14.7 Å². The molecule has 162 valence electrons. The summed E-state index contributed by atoms with van der Waals surface area (Å²) in [6, 6.07) is 10.1. The molecule has 2 aliphatic heterocycles. The van der Waals surface area contributed by atoms with Gasteiger partial charge in [-0.05, 0) is 24.3 Å². The fraction of sp³-hybridized carbons (Fsp3) is 0.455. The summed E-state index contributed by atoms with van der Waals surface area (Å²) in [7, 11) is 1.64. The molecule has 2 fully saturated rings. The lowest BCUT2D eigenvalue weighted by Crippen LogP contribution is -2.53. The van der Waals surface area contributed by atoms with E-state index in [1.807, 2.05) is 23.1 Å². The summed E-state index contributed by atoms with van der Waals surface area (Å²) in [6.45, 7) is 4.00. The highest BCUT2D eigenvalue weighted by Gasteiger charge is 2.33. The van der Waals surface area contributed by atoms with E-state index in [-0.39, 0.29) is 11.7 Å². The number of carbonyl (C=O) groups excluding carboxylic acids is 1. The first-order valence-corrected chi connectivity index (χ1v) is 10.7. The minimum Gasteiger partial charge on any atom is -0.378 e. The average Bonchev–Trinajstić information content (AvgIpc) is 3.03. The first-order valence-electron chi connectivity index (χ1n) is 10.7. The molecule has 1 amide bonds. The summed E-state index contributed by atoms with van der Waals surface area (Å²) in [4.78, 5) is 38.7. The second-order valence-corrected chi connectivity index (χ2v) is 8.23. The van der Waals surface area contributed by atoms with Crippen LogP contribution in [0.1, 0.15) is 12.0 Å². The zero-order valence-electron chi connectivity index (χ0n) is 17.6. The van der Waals surface area contributed by atoms with Crippen LogP contribution in [0.15, 0.2) is 41.3 Å². The molecule has 1 aromatic carbocycles. The number of ether oxygens (including phenoxy) is 1. The summed E-state index contributed by atoms with van der Waals surface area (Å²) in [6.07, 6.45) is 3.61. The second kappa shape index (κ2) is 8.14. The van der Waals surface area contributed by atoms with Gasteiger partial charge in [0.15, 0.2) is 5.65 Å². The smallest absolute Gasteiger partial charge is 0.338 e. The van der Waals surface area contributed by atoms with Crippen molar-refractivity contribution in [1.82, 2.24) is 24.0 Å². The van der Waals surface area contributed by atoms with Crippen molar-refractivity contribution in [2.45, 2.75) is 12.8 Å². The van der Waals surface area contributed by atoms with E-state index in [9.17, 15) is 9.59 Å². The van der Waals surface area contributed by atoms with E-state index >= 15 is 0 Å². The van der Waals surface area contributed by atoms with Crippen LogP contribution < -0.4 is 10.6 Å². The molecule has 2 aliphatic rings. The summed E-state index contributed by atoms with van der Waals surface area (Å²) in [5.41, 5.74) is 1.84. The van der Waals surface area contributed by atoms with Crippen LogP contribution in [0.3, 0.4) is 0 Å². The second-order valence-electron chi connectivity index (χ2n) is 8.23. The third-order valence-electron chi connectivity index (χ3n) is 6.17. The van der Waals surface area contributed by atoms with Gasteiger partial charge in [-0.1, -0.05) is 30.3 Å². The molecular weight excluding hydrogens is 396 g/mol. The van der Waals surface area contributed by atoms with Crippen LogP contribution in [0.4, 0.5) is 10.7 Å². The Kier molecular flexibility index (Phi) is 5.19. The Morgan fingerprint density at radius 2 is 1.90 bits per heavy atom. The van der Waals surface area contributed by atoms with Crippen molar-refractivity contribution in [3.05, 3.63) is 52.6 Å². The van der Waals surface area contributed by atoms with Gasteiger partial charge in [0.05, 0.1) is 19.4 Å². The number of carbonyl (C=O) groups is 1. The Balaban J connectivity index is 1.30. The van der Waals surface area contributed by atoms with Crippen LogP contribution in [0.5, 0.6) is 0 Å². The fourth-order valence-corrected chi connectivity index (χ4v) is 4.27. The normalized spacial score (nSPS) is 17.2. The van der Waals surface area contributed by atoms with Gasteiger partial charge in [-0.15, -0.1) is 0 Å². The number of anilines is 1. The third-order valence-corrected chi connectivity index (χ3v) is 6.17. The molecule has 2 saturated heterocycles. The largest absolute Gasteiger partial charge is 0.378 e. The van der Waals surface area contributed by atoms with Gasteiger partial charge in [0.25, 0.3) is 0 Å².